The van der Waals surface area contributed by atoms with E-state index < -0.39 is 0 Å². The molecule has 1 aromatic carbocycles. The van der Waals surface area contributed by atoms with Crippen molar-refractivity contribution in [1.29, 1.82) is 5.26 Å². The summed E-state index contributed by atoms with van der Waals surface area (Å²) in [5.74, 6) is 1.10. The van der Waals surface area contributed by atoms with Crippen LogP contribution in [0.25, 0.3) is 11.0 Å². The van der Waals surface area contributed by atoms with Gasteiger partial charge in [-0.25, -0.2) is 9.97 Å². The smallest absolute Gasteiger partial charge is 0.124 e. The first-order valence-electron chi connectivity index (χ1n) is 6.23. The molecule has 2 aromatic heterocycles. The van der Waals surface area contributed by atoms with E-state index in [2.05, 4.69) is 20.6 Å². The maximum absolute atomic E-state index is 9.14. The summed E-state index contributed by atoms with van der Waals surface area (Å²) < 4.78 is 4.06. The molecule has 3 rings (SSSR count). The van der Waals surface area contributed by atoms with Crippen LogP contribution in [-0.2, 0) is 19.0 Å². The van der Waals surface area contributed by atoms with Gasteiger partial charge in [0.15, 0.2) is 0 Å². The number of para-hydroxylation sites is 1. The molecule has 0 radical (unpaired) electrons. The highest BCUT2D eigenvalue weighted by Crippen LogP contribution is 2.21. The van der Waals surface area contributed by atoms with Gasteiger partial charge in [0.1, 0.15) is 17.4 Å². The maximum Gasteiger partial charge on any atom is 0.124 e. The SMILES string of the molecule is N#Cc1cccc2c1nc(CCl)n2CCn1ccnc1. The fraction of sp³-hybridized carbons (Fsp3) is 0.214. The van der Waals surface area contributed by atoms with Gasteiger partial charge in [-0.2, -0.15) is 5.26 Å². The van der Waals surface area contributed by atoms with Crippen molar-refractivity contribution in [3.63, 3.8) is 0 Å². The quantitative estimate of drug-likeness (QED) is 0.692. The van der Waals surface area contributed by atoms with Crippen LogP contribution in [0.2, 0.25) is 0 Å². The molecule has 0 aliphatic rings. The van der Waals surface area contributed by atoms with Crippen LogP contribution < -0.4 is 0 Å². The number of nitrogens with zero attached hydrogens (tertiary/aromatic N) is 5. The Morgan fingerprint density at radius 1 is 1.30 bits per heavy atom. The molecule has 0 spiro atoms. The van der Waals surface area contributed by atoms with Crippen LogP contribution in [-0.4, -0.2) is 19.1 Å². The van der Waals surface area contributed by atoms with Crippen LogP contribution in [0.3, 0.4) is 0 Å². The van der Waals surface area contributed by atoms with Crippen molar-refractivity contribution < 1.29 is 0 Å². The fourth-order valence-electron chi connectivity index (χ4n) is 2.27. The van der Waals surface area contributed by atoms with Crippen molar-refractivity contribution in [3.05, 3.63) is 48.3 Å². The van der Waals surface area contributed by atoms with Crippen molar-refractivity contribution >= 4 is 22.6 Å². The summed E-state index contributed by atoms with van der Waals surface area (Å²) in [5, 5.41) is 9.14. The zero-order valence-electron chi connectivity index (χ0n) is 10.7. The largest absolute Gasteiger partial charge is 0.336 e. The van der Waals surface area contributed by atoms with Crippen LogP contribution in [0.1, 0.15) is 11.4 Å². The van der Waals surface area contributed by atoms with Crippen LogP contribution in [0.4, 0.5) is 0 Å². The van der Waals surface area contributed by atoms with Crippen LogP contribution in [0.5, 0.6) is 0 Å². The van der Waals surface area contributed by atoms with E-state index in [4.69, 9.17) is 16.9 Å². The molecule has 6 heteroatoms. The van der Waals surface area contributed by atoms with Gasteiger partial charge in [-0.05, 0) is 12.1 Å². The number of hydrogen-bond acceptors (Lipinski definition) is 3. The van der Waals surface area contributed by atoms with E-state index in [1.165, 1.54) is 0 Å². The lowest BCUT2D eigenvalue weighted by Crippen LogP contribution is -2.08. The monoisotopic (exact) mass is 285 g/mol. The van der Waals surface area contributed by atoms with Crippen LogP contribution >= 0.6 is 11.6 Å². The molecule has 0 amide bonds. The average molecular weight is 286 g/mol. The highest BCUT2D eigenvalue weighted by molar-refractivity contribution is 6.16. The predicted octanol–water partition coefficient (Wildman–Crippen LogP) is 2.54. The topological polar surface area (TPSA) is 59.4 Å². The highest BCUT2D eigenvalue weighted by Gasteiger charge is 2.12. The van der Waals surface area contributed by atoms with Gasteiger partial charge in [0.25, 0.3) is 0 Å². The molecule has 0 unspecified atom stereocenters. The van der Waals surface area contributed by atoms with Gasteiger partial charge in [0, 0.05) is 25.5 Å². The fourth-order valence-corrected chi connectivity index (χ4v) is 2.48. The molecule has 0 saturated heterocycles. The van der Waals surface area contributed by atoms with Crippen LogP contribution in [0.15, 0.2) is 36.9 Å². The van der Waals surface area contributed by atoms with Gasteiger partial charge >= 0.3 is 0 Å². The van der Waals surface area contributed by atoms with E-state index >= 15 is 0 Å². The molecule has 5 nitrogen and oxygen atoms in total. The van der Waals surface area contributed by atoms with Gasteiger partial charge in [-0.15, -0.1) is 11.6 Å². The van der Waals surface area contributed by atoms with E-state index in [1.807, 2.05) is 22.9 Å². The number of aryl methyl sites for hydroxylation is 2. The molecular formula is C14H12ClN5. The molecule has 0 fully saturated rings. The van der Waals surface area contributed by atoms with Crippen molar-refractivity contribution in [1.82, 2.24) is 19.1 Å². The summed E-state index contributed by atoms with van der Waals surface area (Å²) in [5.41, 5.74) is 2.24. The van der Waals surface area contributed by atoms with Gasteiger partial charge in [-0.1, -0.05) is 6.07 Å². The number of halogens is 1. The minimum atomic E-state index is 0.323. The van der Waals surface area contributed by atoms with E-state index in [-0.39, 0.29) is 0 Å². The number of fused-ring (bicyclic) bond motifs is 1. The van der Waals surface area contributed by atoms with E-state index in [1.54, 1.807) is 18.6 Å². The second-order valence-corrected chi connectivity index (χ2v) is 4.67. The highest BCUT2D eigenvalue weighted by atomic mass is 35.5. The average Bonchev–Trinajstić information content (AvgIpc) is 3.11. The normalized spacial score (nSPS) is 10.8. The Morgan fingerprint density at radius 2 is 2.20 bits per heavy atom. The van der Waals surface area contributed by atoms with Crippen LogP contribution in [0, 0.1) is 11.3 Å². The van der Waals surface area contributed by atoms with Crippen molar-refractivity contribution in [3.8, 4) is 6.07 Å². The van der Waals surface area contributed by atoms with Crippen molar-refractivity contribution in [2.75, 3.05) is 0 Å². The number of benzene rings is 1. The zero-order chi connectivity index (χ0) is 13.9. The second kappa shape index (κ2) is 5.35. The minimum Gasteiger partial charge on any atom is -0.336 e. The molecule has 20 heavy (non-hydrogen) atoms. The summed E-state index contributed by atoms with van der Waals surface area (Å²) in [6, 6.07) is 7.78. The molecule has 100 valence electrons. The molecule has 0 aliphatic heterocycles. The molecule has 0 N–H and O–H groups in total. The first-order chi connectivity index (χ1) is 9.83. The Balaban J connectivity index is 2.02. The number of nitriles is 1. The summed E-state index contributed by atoms with van der Waals surface area (Å²) in [4.78, 5) is 8.51. The lowest BCUT2D eigenvalue weighted by atomic mass is 10.2. The Morgan fingerprint density at radius 3 is 2.90 bits per heavy atom. The van der Waals surface area contributed by atoms with Crippen molar-refractivity contribution in [2.24, 2.45) is 0 Å². The summed E-state index contributed by atoms with van der Waals surface area (Å²) >= 11 is 5.97. The number of rotatable bonds is 4. The number of alkyl halides is 1. The lowest BCUT2D eigenvalue weighted by Gasteiger charge is -2.08. The first kappa shape index (κ1) is 12.7. The molecule has 3 aromatic rings. The summed E-state index contributed by atoms with van der Waals surface area (Å²) in [7, 11) is 0. The number of imidazole rings is 2. The Bertz CT molecular complexity index is 767. The van der Waals surface area contributed by atoms with E-state index in [0.717, 1.165) is 29.9 Å². The molecule has 0 saturated carbocycles. The molecule has 2 heterocycles. The second-order valence-electron chi connectivity index (χ2n) is 4.40. The number of hydrogen-bond donors (Lipinski definition) is 0. The van der Waals surface area contributed by atoms with Gasteiger partial charge < -0.3 is 9.13 Å². The molecule has 0 aliphatic carbocycles. The van der Waals surface area contributed by atoms with Gasteiger partial charge in [0.05, 0.1) is 23.3 Å². The third-order valence-corrected chi connectivity index (χ3v) is 3.48. The van der Waals surface area contributed by atoms with Gasteiger partial charge in [-0.3, -0.25) is 0 Å². The van der Waals surface area contributed by atoms with E-state index in [9.17, 15) is 0 Å². The maximum atomic E-state index is 9.14. The minimum absolute atomic E-state index is 0.323. The van der Waals surface area contributed by atoms with E-state index in [0.29, 0.717) is 11.4 Å². The zero-order valence-corrected chi connectivity index (χ0v) is 11.5. The van der Waals surface area contributed by atoms with Crippen molar-refractivity contribution in [2.45, 2.75) is 19.0 Å². The summed E-state index contributed by atoms with van der Waals surface area (Å²) in [6.45, 7) is 1.52. The molecular weight excluding hydrogens is 274 g/mol. The lowest BCUT2D eigenvalue weighted by molar-refractivity contribution is 0.577. The first-order valence-corrected chi connectivity index (χ1v) is 6.77. The third-order valence-electron chi connectivity index (χ3n) is 3.24. The predicted molar refractivity (Wildman–Crippen MR) is 76.2 cm³/mol. The Kier molecular flexibility index (Phi) is 3.40. The standard InChI is InChI=1S/C14H12ClN5/c15-8-13-18-14-11(9-16)2-1-3-12(14)20(13)7-6-19-5-4-17-10-19/h1-5,10H,6-8H2. The Labute approximate surface area is 121 Å². The molecule has 0 bridgehead atoms. The number of aromatic nitrogens is 4. The van der Waals surface area contributed by atoms with Gasteiger partial charge in [0.2, 0.25) is 0 Å². The summed E-state index contributed by atoms with van der Waals surface area (Å²) in [6.07, 6.45) is 5.45. The third kappa shape index (κ3) is 2.15. The molecule has 0 atom stereocenters. The Hall–Kier alpha value is -2.32.